The van der Waals surface area contributed by atoms with Gasteiger partial charge in [0.1, 0.15) is 11.5 Å². The zero-order valence-corrected chi connectivity index (χ0v) is 15.3. The van der Waals surface area contributed by atoms with Crippen LogP contribution in [0.1, 0.15) is 22.8 Å². The molecule has 0 aliphatic carbocycles. The third kappa shape index (κ3) is 2.98. The van der Waals surface area contributed by atoms with Crippen LogP contribution in [0.15, 0.2) is 42.5 Å². The van der Waals surface area contributed by atoms with E-state index in [4.69, 9.17) is 9.47 Å². The molecule has 5 heteroatoms. The van der Waals surface area contributed by atoms with Gasteiger partial charge in [-0.1, -0.05) is 12.1 Å². The highest BCUT2D eigenvalue weighted by atomic mass is 16.5. The van der Waals surface area contributed by atoms with Crippen LogP contribution in [0.2, 0.25) is 0 Å². The van der Waals surface area contributed by atoms with E-state index in [1.807, 2.05) is 41.3 Å². The molecule has 0 spiro atoms. The normalized spacial score (nSPS) is 19.1. The number of hydrogen-bond donors (Lipinski definition) is 0. The predicted octanol–water partition coefficient (Wildman–Crippen LogP) is 2.98. The molecular weight excluding hydrogens is 328 g/mol. The molecule has 0 radical (unpaired) electrons. The largest absolute Gasteiger partial charge is 0.495 e. The van der Waals surface area contributed by atoms with Crippen LogP contribution in [0.5, 0.6) is 11.5 Å². The zero-order chi connectivity index (χ0) is 18.1. The topological polar surface area (TPSA) is 42.0 Å². The summed E-state index contributed by atoms with van der Waals surface area (Å²) in [5.74, 6) is 1.89. The number of carbonyl (C=O) groups excluding carboxylic acids is 1. The smallest absolute Gasteiger partial charge is 0.254 e. The standard InChI is InChI=1S/C21H24N2O3/c1-15-14-22(18-5-3-4-6-20(18)25-2)10-11-23(15)21(24)17-7-8-19-16(13-17)9-12-26-19/h3-8,13,15H,9-12,14H2,1-2H3/t15-/m1/s1. The molecule has 1 fully saturated rings. The number of anilines is 1. The molecule has 2 aromatic rings. The number of ether oxygens (including phenoxy) is 2. The van der Waals surface area contributed by atoms with Gasteiger partial charge in [0.05, 0.1) is 19.4 Å². The van der Waals surface area contributed by atoms with Gasteiger partial charge >= 0.3 is 0 Å². The molecule has 0 saturated carbocycles. The third-order valence-corrected chi connectivity index (χ3v) is 5.25. The SMILES string of the molecule is COc1ccccc1N1CCN(C(=O)c2ccc3c(c2)CCO3)[C@H](C)C1. The van der Waals surface area contributed by atoms with E-state index >= 15 is 0 Å². The van der Waals surface area contributed by atoms with Crippen LogP contribution >= 0.6 is 0 Å². The second-order valence-corrected chi connectivity index (χ2v) is 6.89. The first-order valence-electron chi connectivity index (χ1n) is 9.12. The summed E-state index contributed by atoms with van der Waals surface area (Å²) in [5.41, 5.74) is 2.98. The molecule has 2 aliphatic heterocycles. The number of piperazine rings is 1. The Labute approximate surface area is 154 Å². The lowest BCUT2D eigenvalue weighted by atomic mass is 10.1. The third-order valence-electron chi connectivity index (χ3n) is 5.25. The van der Waals surface area contributed by atoms with Crippen LogP contribution in [0, 0.1) is 0 Å². The van der Waals surface area contributed by atoms with Gasteiger partial charge in [0.2, 0.25) is 0 Å². The van der Waals surface area contributed by atoms with Gasteiger partial charge in [-0.25, -0.2) is 0 Å². The predicted molar refractivity (Wildman–Crippen MR) is 101 cm³/mol. The maximum atomic E-state index is 13.0. The number of carbonyl (C=O) groups is 1. The van der Waals surface area contributed by atoms with E-state index in [0.717, 1.165) is 47.8 Å². The van der Waals surface area contributed by atoms with Crippen molar-refractivity contribution in [2.75, 3.05) is 38.3 Å². The summed E-state index contributed by atoms with van der Waals surface area (Å²) in [6, 6.07) is 14.0. The molecule has 5 nitrogen and oxygen atoms in total. The summed E-state index contributed by atoms with van der Waals surface area (Å²) in [6.07, 6.45) is 0.883. The van der Waals surface area contributed by atoms with Crippen molar-refractivity contribution in [3.8, 4) is 11.5 Å². The van der Waals surface area contributed by atoms with Crippen molar-refractivity contribution in [3.63, 3.8) is 0 Å². The molecule has 0 unspecified atom stereocenters. The Morgan fingerprint density at radius 3 is 2.85 bits per heavy atom. The van der Waals surface area contributed by atoms with Gasteiger partial charge in [-0.2, -0.15) is 0 Å². The lowest BCUT2D eigenvalue weighted by molar-refractivity contribution is 0.0674. The van der Waals surface area contributed by atoms with E-state index in [1.54, 1.807) is 7.11 Å². The minimum absolute atomic E-state index is 0.104. The molecule has 0 N–H and O–H groups in total. The maximum Gasteiger partial charge on any atom is 0.254 e. The van der Waals surface area contributed by atoms with Gasteiger partial charge in [-0.05, 0) is 42.8 Å². The van der Waals surface area contributed by atoms with Gasteiger partial charge in [0, 0.05) is 37.7 Å². The van der Waals surface area contributed by atoms with E-state index < -0.39 is 0 Å². The second kappa shape index (κ2) is 6.90. The van der Waals surface area contributed by atoms with Gasteiger partial charge in [0.15, 0.2) is 0 Å². The number of nitrogens with zero attached hydrogens (tertiary/aromatic N) is 2. The van der Waals surface area contributed by atoms with Crippen LogP contribution in [0.4, 0.5) is 5.69 Å². The number of methoxy groups -OCH3 is 1. The summed E-state index contributed by atoms with van der Waals surface area (Å²) in [6.45, 7) is 5.10. The molecule has 2 aliphatic rings. The molecule has 0 bridgehead atoms. The Kier molecular flexibility index (Phi) is 4.45. The summed E-state index contributed by atoms with van der Waals surface area (Å²) in [5, 5.41) is 0. The fraction of sp³-hybridized carbons (Fsp3) is 0.381. The van der Waals surface area contributed by atoms with E-state index in [1.165, 1.54) is 0 Å². The lowest BCUT2D eigenvalue weighted by Crippen LogP contribution is -2.54. The highest BCUT2D eigenvalue weighted by Crippen LogP contribution is 2.30. The van der Waals surface area contributed by atoms with E-state index in [-0.39, 0.29) is 11.9 Å². The first-order chi connectivity index (χ1) is 12.7. The molecular formula is C21H24N2O3. The van der Waals surface area contributed by atoms with Crippen LogP contribution in [-0.2, 0) is 6.42 Å². The summed E-state index contributed by atoms with van der Waals surface area (Å²) in [4.78, 5) is 17.3. The highest BCUT2D eigenvalue weighted by molar-refractivity contribution is 5.95. The fourth-order valence-electron chi connectivity index (χ4n) is 3.85. The Balaban J connectivity index is 1.49. The first kappa shape index (κ1) is 16.8. The maximum absolute atomic E-state index is 13.0. The number of benzene rings is 2. The minimum atomic E-state index is 0.104. The Morgan fingerprint density at radius 1 is 1.19 bits per heavy atom. The quantitative estimate of drug-likeness (QED) is 0.852. The number of para-hydroxylation sites is 2. The van der Waals surface area contributed by atoms with Gasteiger partial charge in [-0.3, -0.25) is 4.79 Å². The lowest BCUT2D eigenvalue weighted by Gasteiger charge is -2.41. The van der Waals surface area contributed by atoms with Crippen LogP contribution in [-0.4, -0.2) is 50.2 Å². The number of rotatable bonds is 3. The van der Waals surface area contributed by atoms with Crippen LogP contribution in [0.25, 0.3) is 0 Å². The highest BCUT2D eigenvalue weighted by Gasteiger charge is 2.29. The van der Waals surface area contributed by atoms with Gasteiger partial charge in [0.25, 0.3) is 5.91 Å². The molecule has 2 heterocycles. The summed E-state index contributed by atoms with van der Waals surface area (Å²) >= 11 is 0. The van der Waals surface area contributed by atoms with Gasteiger partial charge < -0.3 is 19.3 Å². The van der Waals surface area contributed by atoms with Crippen molar-refractivity contribution >= 4 is 11.6 Å². The monoisotopic (exact) mass is 352 g/mol. The molecule has 1 saturated heterocycles. The molecule has 1 atom stereocenters. The number of fused-ring (bicyclic) bond motifs is 1. The molecule has 136 valence electrons. The Morgan fingerprint density at radius 2 is 2.04 bits per heavy atom. The van der Waals surface area contributed by atoms with Crippen molar-refractivity contribution < 1.29 is 14.3 Å². The van der Waals surface area contributed by atoms with Crippen LogP contribution < -0.4 is 14.4 Å². The molecule has 1 amide bonds. The van der Waals surface area contributed by atoms with Crippen LogP contribution in [0.3, 0.4) is 0 Å². The first-order valence-corrected chi connectivity index (χ1v) is 9.12. The summed E-state index contributed by atoms with van der Waals surface area (Å²) in [7, 11) is 1.69. The number of hydrogen-bond acceptors (Lipinski definition) is 4. The van der Waals surface area contributed by atoms with Crippen molar-refractivity contribution in [1.82, 2.24) is 4.90 Å². The second-order valence-electron chi connectivity index (χ2n) is 6.89. The summed E-state index contributed by atoms with van der Waals surface area (Å²) < 4.78 is 11.0. The average molecular weight is 352 g/mol. The fourth-order valence-corrected chi connectivity index (χ4v) is 3.85. The van der Waals surface area contributed by atoms with Crippen molar-refractivity contribution in [2.45, 2.75) is 19.4 Å². The van der Waals surface area contributed by atoms with Crippen molar-refractivity contribution in [2.24, 2.45) is 0 Å². The number of amides is 1. The van der Waals surface area contributed by atoms with Crippen molar-refractivity contribution in [1.29, 1.82) is 0 Å². The molecule has 2 aromatic carbocycles. The van der Waals surface area contributed by atoms with E-state index in [0.29, 0.717) is 13.2 Å². The Bertz CT molecular complexity index is 821. The molecule has 26 heavy (non-hydrogen) atoms. The van der Waals surface area contributed by atoms with Crippen molar-refractivity contribution in [3.05, 3.63) is 53.6 Å². The minimum Gasteiger partial charge on any atom is -0.495 e. The molecule has 4 rings (SSSR count). The average Bonchev–Trinajstić information content (AvgIpc) is 3.15. The van der Waals surface area contributed by atoms with E-state index in [2.05, 4.69) is 17.9 Å². The Hall–Kier alpha value is -2.69. The van der Waals surface area contributed by atoms with E-state index in [9.17, 15) is 4.79 Å². The zero-order valence-electron chi connectivity index (χ0n) is 15.3. The van der Waals surface area contributed by atoms with Gasteiger partial charge in [-0.15, -0.1) is 0 Å². The molecule has 0 aromatic heterocycles.